The van der Waals surface area contributed by atoms with Crippen LogP contribution in [0.2, 0.25) is 15.2 Å². The SMILES string of the molecule is Cc1cc(NC(=O)c2ccc(Cl)nc2)nn1Cc1cc(Cl)ccc1OCC(C)C.Cc1cc(NC(=O)c2ccc(N3CCOCC3)nc2)nn1Cc1cc(Cl)ccc1OCC(C)C. The first-order valence-electron chi connectivity index (χ1n) is 20.6. The van der Waals surface area contributed by atoms with Gasteiger partial charge in [-0.25, -0.2) is 9.97 Å². The molecule has 1 saturated heterocycles. The number of carbonyl (C=O) groups is 2. The van der Waals surface area contributed by atoms with Crippen LogP contribution in [0.15, 0.2) is 85.2 Å². The van der Waals surface area contributed by atoms with Crippen molar-refractivity contribution in [2.24, 2.45) is 11.8 Å². The lowest BCUT2D eigenvalue weighted by Gasteiger charge is -2.27. The Balaban J connectivity index is 0.000000213. The van der Waals surface area contributed by atoms with Crippen LogP contribution >= 0.6 is 34.8 Å². The Morgan fingerprint density at radius 3 is 1.57 bits per heavy atom. The summed E-state index contributed by atoms with van der Waals surface area (Å²) in [6.07, 6.45) is 3.01. The van der Waals surface area contributed by atoms with Gasteiger partial charge in [0.05, 0.1) is 50.6 Å². The molecule has 4 aromatic heterocycles. The molecule has 7 rings (SSSR count). The molecular weight excluding hydrogens is 865 g/mol. The van der Waals surface area contributed by atoms with Gasteiger partial charge in [0.15, 0.2) is 11.6 Å². The molecule has 63 heavy (non-hydrogen) atoms. The van der Waals surface area contributed by atoms with Crippen LogP contribution in [0.25, 0.3) is 0 Å². The van der Waals surface area contributed by atoms with E-state index in [9.17, 15) is 9.59 Å². The van der Waals surface area contributed by atoms with Crippen LogP contribution in [0.1, 0.15) is 70.9 Å². The van der Waals surface area contributed by atoms with Crippen LogP contribution in [0.5, 0.6) is 11.5 Å². The van der Waals surface area contributed by atoms with Crippen molar-refractivity contribution in [3.63, 3.8) is 0 Å². The fraction of sp³-hybridized carbons (Fsp3) is 0.348. The third-order valence-corrected chi connectivity index (χ3v) is 10.3. The molecular formula is C46H52Cl3N9O5. The van der Waals surface area contributed by atoms with Gasteiger partial charge in [0.25, 0.3) is 11.8 Å². The zero-order chi connectivity index (χ0) is 45.0. The summed E-state index contributed by atoms with van der Waals surface area (Å²) < 4.78 is 20.9. The number of rotatable bonds is 15. The van der Waals surface area contributed by atoms with Gasteiger partial charge in [0, 0.05) is 70.2 Å². The van der Waals surface area contributed by atoms with E-state index < -0.39 is 0 Å². The van der Waals surface area contributed by atoms with Crippen LogP contribution in [0.4, 0.5) is 17.5 Å². The van der Waals surface area contributed by atoms with Crippen molar-refractivity contribution in [2.75, 3.05) is 55.1 Å². The van der Waals surface area contributed by atoms with E-state index in [0.29, 0.717) is 89.3 Å². The van der Waals surface area contributed by atoms with Crippen LogP contribution in [-0.2, 0) is 17.8 Å². The second kappa shape index (κ2) is 22.1. The fourth-order valence-electron chi connectivity index (χ4n) is 6.31. The molecule has 0 bridgehead atoms. The summed E-state index contributed by atoms with van der Waals surface area (Å²) >= 11 is 18.2. The summed E-state index contributed by atoms with van der Waals surface area (Å²) in [4.78, 5) is 35.6. The number of pyridine rings is 2. The van der Waals surface area contributed by atoms with E-state index >= 15 is 0 Å². The van der Waals surface area contributed by atoms with Crippen LogP contribution in [0.3, 0.4) is 0 Å². The second-order valence-corrected chi connectivity index (χ2v) is 17.1. The highest BCUT2D eigenvalue weighted by molar-refractivity contribution is 6.31. The zero-order valence-corrected chi connectivity index (χ0v) is 38.5. The number of hydrogen-bond donors (Lipinski definition) is 2. The average molecular weight is 917 g/mol. The molecule has 1 fully saturated rings. The Hall–Kier alpha value is -5.67. The molecule has 2 amide bonds. The first-order chi connectivity index (χ1) is 30.2. The number of aryl methyl sites for hydroxylation is 2. The summed E-state index contributed by atoms with van der Waals surface area (Å²) in [5.41, 5.74) is 4.53. The molecule has 1 aliphatic heterocycles. The minimum absolute atomic E-state index is 0.255. The monoisotopic (exact) mass is 915 g/mol. The lowest BCUT2D eigenvalue weighted by atomic mass is 10.2. The molecule has 14 nitrogen and oxygen atoms in total. The summed E-state index contributed by atoms with van der Waals surface area (Å²) in [6, 6.07) is 21.6. The van der Waals surface area contributed by atoms with Gasteiger partial charge in [-0.15, -0.1) is 0 Å². The highest BCUT2D eigenvalue weighted by Crippen LogP contribution is 2.27. The van der Waals surface area contributed by atoms with E-state index in [1.165, 1.54) is 6.20 Å². The van der Waals surface area contributed by atoms with Gasteiger partial charge in [-0.3, -0.25) is 19.0 Å². The third kappa shape index (κ3) is 13.7. The first-order valence-corrected chi connectivity index (χ1v) is 21.8. The van der Waals surface area contributed by atoms with Crippen molar-refractivity contribution in [3.8, 4) is 11.5 Å². The van der Waals surface area contributed by atoms with Gasteiger partial charge in [0.2, 0.25) is 0 Å². The molecule has 2 aromatic carbocycles. The molecule has 0 saturated carbocycles. The Labute approximate surface area is 382 Å². The normalized spacial score (nSPS) is 12.5. The van der Waals surface area contributed by atoms with Crippen molar-refractivity contribution >= 4 is 64.1 Å². The maximum absolute atomic E-state index is 12.8. The third-order valence-electron chi connectivity index (χ3n) is 9.61. The topological polar surface area (TPSA) is 151 Å². The molecule has 0 atom stereocenters. The molecule has 0 aliphatic carbocycles. The van der Waals surface area contributed by atoms with E-state index in [1.54, 1.807) is 35.1 Å². The molecule has 6 aromatic rings. The number of nitrogens with one attached hydrogen (secondary N) is 2. The number of nitrogens with zero attached hydrogens (tertiary/aromatic N) is 7. The van der Waals surface area contributed by atoms with E-state index in [0.717, 1.165) is 52.9 Å². The maximum Gasteiger partial charge on any atom is 0.258 e. The highest BCUT2D eigenvalue weighted by Gasteiger charge is 2.17. The largest absolute Gasteiger partial charge is 0.493 e. The molecule has 0 unspecified atom stereocenters. The molecule has 1 aliphatic rings. The van der Waals surface area contributed by atoms with Crippen LogP contribution in [0, 0.1) is 25.7 Å². The number of amides is 2. The van der Waals surface area contributed by atoms with E-state index in [-0.39, 0.29) is 11.8 Å². The number of carbonyl (C=O) groups excluding carboxylic acids is 2. The van der Waals surface area contributed by atoms with Gasteiger partial charge in [-0.05, 0) is 86.3 Å². The van der Waals surface area contributed by atoms with Gasteiger partial charge in [-0.1, -0.05) is 62.5 Å². The van der Waals surface area contributed by atoms with E-state index in [1.807, 2.05) is 67.1 Å². The van der Waals surface area contributed by atoms with Crippen molar-refractivity contribution < 1.29 is 23.8 Å². The number of morpholine rings is 1. The Bertz CT molecular complexity index is 2470. The van der Waals surface area contributed by atoms with Crippen molar-refractivity contribution in [3.05, 3.63) is 134 Å². The number of hydrogen-bond acceptors (Lipinski definition) is 10. The maximum atomic E-state index is 12.8. The summed E-state index contributed by atoms with van der Waals surface area (Å²) in [7, 11) is 0. The Morgan fingerprint density at radius 1 is 0.667 bits per heavy atom. The molecule has 17 heteroatoms. The Kier molecular flexibility index (Phi) is 16.4. The van der Waals surface area contributed by atoms with E-state index in [4.69, 9.17) is 49.0 Å². The predicted octanol–water partition coefficient (Wildman–Crippen LogP) is 9.64. The van der Waals surface area contributed by atoms with Crippen molar-refractivity contribution in [2.45, 2.75) is 54.6 Å². The summed E-state index contributed by atoms with van der Waals surface area (Å²) in [5.74, 6) is 3.60. The van der Waals surface area contributed by atoms with Crippen LogP contribution < -0.4 is 25.0 Å². The minimum Gasteiger partial charge on any atom is -0.493 e. The van der Waals surface area contributed by atoms with Crippen molar-refractivity contribution in [1.82, 2.24) is 29.5 Å². The lowest BCUT2D eigenvalue weighted by Crippen LogP contribution is -2.36. The zero-order valence-electron chi connectivity index (χ0n) is 36.2. The molecule has 0 spiro atoms. The smallest absolute Gasteiger partial charge is 0.258 e. The van der Waals surface area contributed by atoms with E-state index in [2.05, 4.69) is 63.4 Å². The number of ether oxygens (including phenoxy) is 3. The summed E-state index contributed by atoms with van der Waals surface area (Å²) in [6.45, 7) is 17.4. The predicted molar refractivity (Wildman–Crippen MR) is 248 cm³/mol. The lowest BCUT2D eigenvalue weighted by molar-refractivity contribution is 0.101. The molecule has 332 valence electrons. The van der Waals surface area contributed by atoms with Gasteiger partial charge in [-0.2, -0.15) is 10.2 Å². The Morgan fingerprint density at radius 2 is 1.14 bits per heavy atom. The fourth-order valence-corrected chi connectivity index (χ4v) is 6.81. The van der Waals surface area contributed by atoms with Gasteiger partial charge >= 0.3 is 0 Å². The van der Waals surface area contributed by atoms with Gasteiger partial charge in [0.1, 0.15) is 22.5 Å². The van der Waals surface area contributed by atoms with Gasteiger partial charge < -0.3 is 29.7 Å². The van der Waals surface area contributed by atoms with Crippen molar-refractivity contribution in [1.29, 1.82) is 0 Å². The number of aromatic nitrogens is 6. The average Bonchev–Trinajstić information content (AvgIpc) is 3.78. The molecule has 5 heterocycles. The number of anilines is 3. The highest BCUT2D eigenvalue weighted by atomic mass is 35.5. The standard InChI is InChI=1S/C25H30ClN5O3.C21H22Cl2N4O2/c1-17(2)16-34-22-6-5-21(26)13-20(22)15-31-18(3)12-23(29-31)28-25(32)19-4-7-24(27-14-19)30-8-10-33-11-9-30;1-13(2)12-29-18-6-5-17(22)9-16(18)11-27-14(3)8-20(26-27)25-21(28)15-4-7-19(23)24-10-15/h4-7,12-14,17H,8-11,15-16H2,1-3H3,(H,28,29,32);4-10,13H,11-12H2,1-3H3,(H,25,26,28). The molecule has 0 radical (unpaired) electrons. The number of benzene rings is 2. The second-order valence-electron chi connectivity index (χ2n) is 15.9. The summed E-state index contributed by atoms with van der Waals surface area (Å²) in [5, 5.41) is 16.3. The minimum atomic E-state index is -0.303. The molecule has 2 N–H and O–H groups in total. The first kappa shape index (κ1) is 46.8. The van der Waals surface area contributed by atoms with Crippen LogP contribution in [-0.4, -0.2) is 80.9 Å². The quantitative estimate of drug-likeness (QED) is 0.0954. The number of halogens is 3.